The molecule has 0 saturated heterocycles. The molecule has 0 aliphatic carbocycles. The van der Waals surface area contributed by atoms with Gasteiger partial charge in [-0.15, -0.1) is 0 Å². The molecule has 130 valence electrons. The summed E-state index contributed by atoms with van der Waals surface area (Å²) >= 11 is 0. The first-order valence-electron chi connectivity index (χ1n) is 7.86. The van der Waals surface area contributed by atoms with E-state index in [1.54, 1.807) is 0 Å². The van der Waals surface area contributed by atoms with Crippen molar-refractivity contribution in [2.45, 2.75) is 82.7 Å². The van der Waals surface area contributed by atoms with Crippen molar-refractivity contribution in [3.63, 3.8) is 0 Å². The van der Waals surface area contributed by atoms with Gasteiger partial charge >= 0.3 is 12.1 Å². The van der Waals surface area contributed by atoms with Crippen LogP contribution in [0.5, 0.6) is 0 Å². The summed E-state index contributed by atoms with van der Waals surface area (Å²) < 4.78 is 60.9. The van der Waals surface area contributed by atoms with Gasteiger partial charge in [0.1, 0.15) is 6.29 Å². The van der Waals surface area contributed by atoms with Gasteiger partial charge in [-0.1, -0.05) is 51.0 Å². The summed E-state index contributed by atoms with van der Waals surface area (Å²) in [5.74, 6) is -4.55. The van der Waals surface area contributed by atoms with Gasteiger partial charge in [0.25, 0.3) is 0 Å². The summed E-state index contributed by atoms with van der Waals surface area (Å²) in [5, 5.41) is 0. The van der Waals surface area contributed by atoms with E-state index in [-0.39, 0.29) is 6.42 Å². The zero-order valence-corrected chi connectivity index (χ0v) is 12.8. The fourth-order valence-corrected chi connectivity index (χ4v) is 2.14. The van der Waals surface area contributed by atoms with Gasteiger partial charge in [-0.25, -0.2) is 0 Å². The smallest absolute Gasteiger partial charge is 0.299 e. The molecule has 0 bridgehead atoms. The topological polar surface area (TPSA) is 17.1 Å². The lowest BCUT2D eigenvalue weighted by molar-refractivity contribution is -0.284. The third-order valence-electron chi connectivity index (χ3n) is 3.49. The van der Waals surface area contributed by atoms with Crippen LogP contribution in [0.1, 0.15) is 70.6 Å². The second-order valence-corrected chi connectivity index (χ2v) is 5.49. The first-order chi connectivity index (χ1) is 10.3. The van der Waals surface area contributed by atoms with Gasteiger partial charge in [0, 0.05) is 6.42 Å². The SMILES string of the molecule is O=C/C=C/CCCCCCCCCCCC(F)(F)C(F)(F)F. The van der Waals surface area contributed by atoms with Crippen molar-refractivity contribution in [1.29, 1.82) is 0 Å². The first-order valence-corrected chi connectivity index (χ1v) is 7.86. The Labute approximate surface area is 129 Å². The molecule has 0 aliphatic rings. The highest BCUT2D eigenvalue weighted by Crippen LogP contribution is 2.39. The fraction of sp³-hybridized carbons (Fsp3) is 0.812. The van der Waals surface area contributed by atoms with Crippen LogP contribution >= 0.6 is 0 Å². The Bertz CT molecular complexity index is 310. The molecule has 6 heteroatoms. The minimum Gasteiger partial charge on any atom is -0.299 e. The van der Waals surface area contributed by atoms with Crippen LogP contribution in [-0.4, -0.2) is 18.4 Å². The minimum atomic E-state index is -5.42. The summed E-state index contributed by atoms with van der Waals surface area (Å²) in [7, 11) is 0. The summed E-state index contributed by atoms with van der Waals surface area (Å²) in [6.45, 7) is 0. The lowest BCUT2D eigenvalue weighted by Gasteiger charge is -2.19. The third kappa shape index (κ3) is 10.7. The van der Waals surface area contributed by atoms with Crippen molar-refractivity contribution in [2.75, 3.05) is 0 Å². The largest absolute Gasteiger partial charge is 0.453 e. The van der Waals surface area contributed by atoms with Crippen LogP contribution < -0.4 is 0 Å². The molecule has 0 aromatic heterocycles. The summed E-state index contributed by atoms with van der Waals surface area (Å²) in [4.78, 5) is 10.0. The number of alkyl halides is 5. The van der Waals surface area contributed by atoms with Crippen LogP contribution in [0.2, 0.25) is 0 Å². The fourth-order valence-electron chi connectivity index (χ4n) is 2.14. The second kappa shape index (κ2) is 11.6. The molecule has 0 heterocycles. The Morgan fingerprint density at radius 1 is 0.682 bits per heavy atom. The van der Waals surface area contributed by atoms with Crippen molar-refractivity contribution in [1.82, 2.24) is 0 Å². The van der Waals surface area contributed by atoms with Crippen molar-refractivity contribution in [2.24, 2.45) is 0 Å². The molecule has 0 aromatic carbocycles. The Kier molecular flexibility index (Phi) is 11.1. The molecule has 0 N–H and O–H groups in total. The molecule has 0 fully saturated rings. The molecule has 0 amide bonds. The Hall–Kier alpha value is -0.940. The van der Waals surface area contributed by atoms with Gasteiger partial charge in [-0.05, 0) is 25.3 Å². The predicted molar refractivity (Wildman–Crippen MR) is 77.0 cm³/mol. The first kappa shape index (κ1) is 21.1. The lowest BCUT2D eigenvalue weighted by Crippen LogP contribution is -2.36. The molecule has 0 atom stereocenters. The quantitative estimate of drug-likeness (QED) is 0.169. The Balaban J connectivity index is 3.34. The van der Waals surface area contributed by atoms with Crippen molar-refractivity contribution in [3.8, 4) is 0 Å². The van der Waals surface area contributed by atoms with Gasteiger partial charge in [0.2, 0.25) is 0 Å². The van der Waals surface area contributed by atoms with Crippen LogP contribution in [0.15, 0.2) is 12.2 Å². The van der Waals surface area contributed by atoms with Crippen LogP contribution in [-0.2, 0) is 4.79 Å². The number of allylic oxidation sites excluding steroid dienone is 2. The van der Waals surface area contributed by atoms with Crippen molar-refractivity contribution < 1.29 is 26.7 Å². The lowest BCUT2D eigenvalue weighted by atomic mass is 10.0. The average molecular weight is 328 g/mol. The maximum atomic E-state index is 12.6. The molecule has 0 rings (SSSR count). The summed E-state index contributed by atoms with van der Waals surface area (Å²) in [5.41, 5.74) is 0. The number of hydrogen-bond donors (Lipinski definition) is 0. The molecule has 0 unspecified atom stereocenters. The summed E-state index contributed by atoms with van der Waals surface area (Å²) in [6.07, 6.45) is 5.60. The van der Waals surface area contributed by atoms with E-state index in [1.807, 2.05) is 6.08 Å². The normalized spacial score (nSPS) is 13.0. The van der Waals surface area contributed by atoms with E-state index >= 15 is 0 Å². The van der Waals surface area contributed by atoms with E-state index < -0.39 is 18.5 Å². The molecule has 22 heavy (non-hydrogen) atoms. The number of aldehydes is 1. The molecule has 0 spiro atoms. The molecular weight excluding hydrogens is 303 g/mol. The molecule has 0 radical (unpaired) electrons. The Morgan fingerprint density at radius 2 is 1.14 bits per heavy atom. The van der Waals surface area contributed by atoms with Gasteiger partial charge in [-0.3, -0.25) is 4.79 Å². The number of hydrogen-bond acceptors (Lipinski definition) is 1. The second-order valence-electron chi connectivity index (χ2n) is 5.49. The average Bonchev–Trinajstić information content (AvgIpc) is 2.42. The maximum Gasteiger partial charge on any atom is 0.453 e. The van der Waals surface area contributed by atoms with Crippen molar-refractivity contribution in [3.05, 3.63) is 12.2 Å². The van der Waals surface area contributed by atoms with Crippen molar-refractivity contribution >= 4 is 6.29 Å². The van der Waals surface area contributed by atoms with Gasteiger partial charge in [0.15, 0.2) is 0 Å². The molecule has 0 saturated carbocycles. The maximum absolute atomic E-state index is 12.6. The van der Waals surface area contributed by atoms with E-state index in [0.29, 0.717) is 12.8 Å². The molecular formula is C16H25F5O. The number of carbonyl (C=O) groups is 1. The molecule has 0 aliphatic heterocycles. The number of unbranched alkanes of at least 4 members (excludes halogenated alkanes) is 9. The number of halogens is 5. The monoisotopic (exact) mass is 328 g/mol. The highest BCUT2D eigenvalue weighted by molar-refractivity contribution is 5.64. The predicted octanol–water partition coefficient (Wildman–Crippen LogP) is 6.23. The molecule has 1 nitrogen and oxygen atoms in total. The third-order valence-corrected chi connectivity index (χ3v) is 3.49. The van der Waals surface area contributed by atoms with Gasteiger partial charge in [-0.2, -0.15) is 22.0 Å². The van der Waals surface area contributed by atoms with E-state index in [9.17, 15) is 26.7 Å². The van der Waals surface area contributed by atoms with E-state index in [4.69, 9.17) is 0 Å². The van der Waals surface area contributed by atoms with Gasteiger partial charge in [0.05, 0.1) is 0 Å². The highest BCUT2D eigenvalue weighted by atomic mass is 19.4. The number of carbonyl (C=O) groups excluding carboxylic acids is 1. The molecule has 0 aromatic rings. The van der Waals surface area contributed by atoms with Crippen LogP contribution in [0.25, 0.3) is 0 Å². The zero-order valence-electron chi connectivity index (χ0n) is 12.8. The zero-order chi connectivity index (χ0) is 16.9. The van der Waals surface area contributed by atoms with E-state index in [2.05, 4.69) is 0 Å². The standard InChI is InChI=1S/C16H25F5O/c17-15(18,16(19,20)21)13-11-9-7-5-3-1-2-4-6-8-10-12-14-22/h10,12,14H,1-9,11,13H2/b12-10+. The highest BCUT2D eigenvalue weighted by Gasteiger charge is 2.56. The summed E-state index contributed by atoms with van der Waals surface area (Å²) in [6, 6.07) is 0. The Morgan fingerprint density at radius 3 is 1.59 bits per heavy atom. The van der Waals surface area contributed by atoms with Crippen LogP contribution in [0, 0.1) is 0 Å². The van der Waals surface area contributed by atoms with E-state index in [1.165, 1.54) is 6.08 Å². The number of rotatable bonds is 13. The van der Waals surface area contributed by atoms with Gasteiger partial charge < -0.3 is 0 Å². The van der Waals surface area contributed by atoms with Crippen LogP contribution in [0.4, 0.5) is 22.0 Å². The van der Waals surface area contributed by atoms with E-state index in [0.717, 1.165) is 51.2 Å². The minimum absolute atomic E-state index is 0.0877. The van der Waals surface area contributed by atoms with Crippen LogP contribution in [0.3, 0.4) is 0 Å².